The Balaban J connectivity index is 1.36. The number of halogens is 2. The standard InChI is InChI=1S/C29H30F2N8OS/c1-38(2)13-29(7-8-29)14-40-28-36-24-19(27(37-28)39-11-15-3-4-16(12-39)35-15)10-34-23(22(24)31)17-5-6-20(30)25-21(17)18(9-32)26(33)41-25/h5-6,10,15-16,35H,3-4,7-8,11-14,33H2,1-2H3. The second kappa shape index (κ2) is 9.72. The molecule has 0 radical (unpaired) electrons. The molecule has 0 amide bonds. The van der Waals surface area contributed by atoms with Gasteiger partial charge in [0.15, 0.2) is 5.82 Å². The Hall–Kier alpha value is -3.66. The summed E-state index contributed by atoms with van der Waals surface area (Å²) in [7, 11) is 4.08. The highest BCUT2D eigenvalue weighted by molar-refractivity contribution is 7.23. The molecule has 9 nitrogen and oxygen atoms in total. The number of nitrogens with zero attached hydrogens (tertiary/aromatic N) is 6. The van der Waals surface area contributed by atoms with Gasteiger partial charge >= 0.3 is 6.01 Å². The molecule has 41 heavy (non-hydrogen) atoms. The fourth-order valence-corrected chi connectivity index (χ4v) is 7.35. The molecule has 3 fully saturated rings. The average molecular weight is 577 g/mol. The lowest BCUT2D eigenvalue weighted by atomic mass is 10.0. The van der Waals surface area contributed by atoms with Crippen molar-refractivity contribution in [2.24, 2.45) is 5.41 Å². The normalized spacial score (nSPS) is 21.1. The number of piperazine rings is 1. The Morgan fingerprint density at radius 1 is 1.22 bits per heavy atom. The molecular formula is C29H30F2N8OS. The fourth-order valence-electron chi connectivity index (χ4n) is 6.40. The first-order valence-electron chi connectivity index (χ1n) is 13.8. The quantitative estimate of drug-likeness (QED) is 0.332. The maximum atomic E-state index is 16.5. The van der Waals surface area contributed by atoms with E-state index in [9.17, 15) is 9.65 Å². The van der Waals surface area contributed by atoms with Gasteiger partial charge in [0.05, 0.1) is 22.3 Å². The second-order valence-corrected chi connectivity index (χ2v) is 12.9. The van der Waals surface area contributed by atoms with E-state index in [4.69, 9.17) is 15.5 Å². The summed E-state index contributed by atoms with van der Waals surface area (Å²) < 4.78 is 37.6. The minimum absolute atomic E-state index is 0.0287. The van der Waals surface area contributed by atoms with Crippen molar-refractivity contribution in [1.29, 1.82) is 5.26 Å². The van der Waals surface area contributed by atoms with E-state index in [0.29, 0.717) is 29.9 Å². The molecule has 1 aliphatic carbocycles. The number of nitriles is 1. The number of fused-ring (bicyclic) bond motifs is 4. The van der Waals surface area contributed by atoms with Crippen LogP contribution in [0.2, 0.25) is 0 Å². The molecule has 3 aromatic heterocycles. The molecule has 2 atom stereocenters. The number of ether oxygens (including phenoxy) is 1. The third kappa shape index (κ3) is 4.52. The van der Waals surface area contributed by atoms with Crippen LogP contribution in [0.1, 0.15) is 31.2 Å². The summed E-state index contributed by atoms with van der Waals surface area (Å²) in [5.74, 6) is -0.603. The van der Waals surface area contributed by atoms with Crippen LogP contribution in [0.15, 0.2) is 18.3 Å². The lowest BCUT2D eigenvalue weighted by molar-refractivity contribution is 0.183. The van der Waals surface area contributed by atoms with Crippen LogP contribution in [0.3, 0.4) is 0 Å². The molecule has 4 aromatic rings. The summed E-state index contributed by atoms with van der Waals surface area (Å²) in [5.41, 5.74) is 6.52. The number of hydrogen-bond donors (Lipinski definition) is 2. The van der Waals surface area contributed by atoms with Crippen LogP contribution >= 0.6 is 11.3 Å². The van der Waals surface area contributed by atoms with E-state index < -0.39 is 11.6 Å². The SMILES string of the molecule is CN(C)CC1(COc2nc(N3CC4CCC(C3)N4)c3cnc(-c4ccc(F)c5sc(N)c(C#N)c45)c(F)c3n2)CC1. The Bertz CT molecular complexity index is 1720. The zero-order valence-electron chi connectivity index (χ0n) is 22.9. The van der Waals surface area contributed by atoms with Gasteiger partial charge in [-0.3, -0.25) is 4.98 Å². The molecule has 5 heterocycles. The van der Waals surface area contributed by atoms with Gasteiger partial charge in [0.1, 0.15) is 33.9 Å². The predicted octanol–water partition coefficient (Wildman–Crippen LogP) is 4.30. The van der Waals surface area contributed by atoms with Crippen molar-refractivity contribution in [1.82, 2.24) is 25.2 Å². The van der Waals surface area contributed by atoms with Gasteiger partial charge in [0.25, 0.3) is 0 Å². The van der Waals surface area contributed by atoms with Gasteiger partial charge in [-0.1, -0.05) is 0 Å². The van der Waals surface area contributed by atoms with Gasteiger partial charge in [-0.05, 0) is 51.9 Å². The largest absolute Gasteiger partial charge is 0.463 e. The number of benzene rings is 1. The van der Waals surface area contributed by atoms with Gasteiger partial charge in [0, 0.05) is 54.3 Å². The van der Waals surface area contributed by atoms with Gasteiger partial charge in [-0.2, -0.15) is 15.2 Å². The number of aromatic nitrogens is 3. The number of pyridine rings is 1. The topological polar surface area (TPSA) is 116 Å². The molecule has 2 unspecified atom stereocenters. The van der Waals surface area contributed by atoms with Crippen molar-refractivity contribution in [3.8, 4) is 23.3 Å². The van der Waals surface area contributed by atoms with Gasteiger partial charge < -0.3 is 25.6 Å². The first kappa shape index (κ1) is 26.3. The maximum Gasteiger partial charge on any atom is 0.319 e. The molecule has 3 aliphatic rings. The number of nitrogens with one attached hydrogen (secondary N) is 1. The minimum Gasteiger partial charge on any atom is -0.463 e. The third-order valence-electron chi connectivity index (χ3n) is 8.46. The number of hydrogen-bond acceptors (Lipinski definition) is 10. The molecule has 1 aromatic carbocycles. The molecule has 0 spiro atoms. The van der Waals surface area contributed by atoms with Crippen molar-refractivity contribution in [3.05, 3.63) is 35.5 Å². The van der Waals surface area contributed by atoms with E-state index >= 15 is 4.39 Å². The summed E-state index contributed by atoms with van der Waals surface area (Å²) in [5, 5.41) is 14.3. The van der Waals surface area contributed by atoms with Crippen LogP contribution < -0.4 is 20.7 Å². The van der Waals surface area contributed by atoms with Gasteiger partial charge in [-0.25, -0.2) is 8.78 Å². The van der Waals surface area contributed by atoms with Crippen LogP contribution in [-0.4, -0.2) is 72.3 Å². The predicted molar refractivity (Wildman–Crippen MR) is 155 cm³/mol. The van der Waals surface area contributed by atoms with Crippen molar-refractivity contribution >= 4 is 43.1 Å². The van der Waals surface area contributed by atoms with Crippen molar-refractivity contribution in [3.63, 3.8) is 0 Å². The van der Waals surface area contributed by atoms with Crippen LogP contribution in [-0.2, 0) is 0 Å². The molecule has 212 valence electrons. The number of rotatable bonds is 7. The molecule has 2 aliphatic heterocycles. The minimum atomic E-state index is -0.676. The highest BCUT2D eigenvalue weighted by Gasteiger charge is 2.44. The molecule has 2 bridgehead atoms. The Morgan fingerprint density at radius 3 is 2.66 bits per heavy atom. The van der Waals surface area contributed by atoms with E-state index in [2.05, 4.69) is 25.1 Å². The smallest absolute Gasteiger partial charge is 0.319 e. The summed E-state index contributed by atoms with van der Waals surface area (Å²) in [6.07, 6.45) is 5.86. The van der Waals surface area contributed by atoms with Gasteiger partial charge in [-0.15, -0.1) is 11.3 Å². The average Bonchev–Trinajstić information content (AvgIpc) is 3.50. The summed E-state index contributed by atoms with van der Waals surface area (Å²) >= 11 is 0.965. The second-order valence-electron chi connectivity index (χ2n) is 11.8. The van der Waals surface area contributed by atoms with E-state index in [1.165, 1.54) is 12.1 Å². The number of thiophene rings is 1. The number of nitrogen functional groups attached to an aromatic ring is 1. The van der Waals surface area contributed by atoms with Crippen molar-refractivity contribution in [2.75, 3.05) is 51.0 Å². The highest BCUT2D eigenvalue weighted by Crippen LogP contribution is 2.46. The lowest BCUT2D eigenvalue weighted by Crippen LogP contribution is -2.51. The Morgan fingerprint density at radius 2 is 1.98 bits per heavy atom. The van der Waals surface area contributed by atoms with E-state index in [-0.39, 0.29) is 48.9 Å². The molecule has 7 rings (SSSR count). The van der Waals surface area contributed by atoms with Crippen molar-refractivity contribution in [2.45, 2.75) is 37.8 Å². The first-order chi connectivity index (χ1) is 19.7. The first-order valence-corrected chi connectivity index (χ1v) is 14.6. The van der Waals surface area contributed by atoms with Crippen LogP contribution in [0.5, 0.6) is 6.01 Å². The lowest BCUT2D eigenvalue weighted by Gasteiger charge is -2.34. The van der Waals surface area contributed by atoms with Gasteiger partial charge in [0.2, 0.25) is 0 Å². The monoisotopic (exact) mass is 576 g/mol. The highest BCUT2D eigenvalue weighted by atomic mass is 32.1. The summed E-state index contributed by atoms with van der Waals surface area (Å²) in [6, 6.07) is 5.54. The fraction of sp³-hybridized carbons (Fsp3) is 0.448. The maximum absolute atomic E-state index is 16.5. The number of anilines is 2. The number of nitrogens with two attached hydrogens (primary N) is 1. The van der Waals surface area contributed by atoms with Crippen molar-refractivity contribution < 1.29 is 13.5 Å². The van der Waals surface area contributed by atoms with E-state index in [1.807, 2.05) is 20.2 Å². The van der Waals surface area contributed by atoms with E-state index in [0.717, 1.165) is 56.7 Å². The third-order valence-corrected chi connectivity index (χ3v) is 9.49. The molecule has 12 heteroatoms. The van der Waals surface area contributed by atoms with Crippen LogP contribution in [0.25, 0.3) is 32.2 Å². The summed E-state index contributed by atoms with van der Waals surface area (Å²) in [6.45, 7) is 2.83. The Kier molecular flexibility index (Phi) is 6.22. The molecular weight excluding hydrogens is 546 g/mol. The molecule has 2 saturated heterocycles. The molecule has 1 saturated carbocycles. The Labute approximate surface area is 239 Å². The van der Waals surface area contributed by atoms with Crippen LogP contribution in [0, 0.1) is 28.4 Å². The zero-order valence-corrected chi connectivity index (χ0v) is 23.7. The van der Waals surface area contributed by atoms with Crippen LogP contribution in [0.4, 0.5) is 19.6 Å². The van der Waals surface area contributed by atoms with E-state index in [1.54, 1.807) is 6.20 Å². The summed E-state index contributed by atoms with van der Waals surface area (Å²) in [4.78, 5) is 18.2. The zero-order chi connectivity index (χ0) is 28.5. The molecule has 3 N–H and O–H groups in total.